The van der Waals surface area contributed by atoms with Gasteiger partial charge in [0, 0.05) is 18.7 Å². The molecule has 1 aliphatic rings. The van der Waals surface area contributed by atoms with Gasteiger partial charge in [0.25, 0.3) is 0 Å². The predicted molar refractivity (Wildman–Crippen MR) is 45.6 cm³/mol. The highest BCUT2D eigenvalue weighted by Crippen LogP contribution is 2.01. The van der Waals surface area contributed by atoms with Gasteiger partial charge in [-0.25, -0.2) is 0 Å². The lowest BCUT2D eigenvalue weighted by molar-refractivity contribution is -0.114. The number of hydrogen-bond donors (Lipinski definition) is 2. The molecule has 1 aliphatic heterocycles. The Hall–Kier alpha value is -0.870. The van der Waals surface area contributed by atoms with Crippen LogP contribution >= 0.6 is 0 Å². The molecule has 0 aromatic carbocycles. The maximum atomic E-state index is 10.7. The number of morpholine rings is 1. The van der Waals surface area contributed by atoms with Crippen molar-refractivity contribution >= 4 is 5.91 Å². The number of carbonyl (C=O) groups excluding carboxylic acids is 1. The van der Waals surface area contributed by atoms with Crippen LogP contribution in [0.3, 0.4) is 0 Å². The largest absolute Gasteiger partial charge is 0.371 e. The van der Waals surface area contributed by atoms with E-state index in [2.05, 4.69) is 5.32 Å². The van der Waals surface area contributed by atoms with Crippen LogP contribution in [-0.4, -0.2) is 31.7 Å². The van der Waals surface area contributed by atoms with Gasteiger partial charge in [0.1, 0.15) is 0 Å². The molecule has 1 amide bonds. The molecule has 0 aliphatic carbocycles. The predicted octanol–water partition coefficient (Wildman–Crippen LogP) is -0.594. The lowest BCUT2D eigenvalue weighted by atomic mass is 10.2. The van der Waals surface area contributed by atoms with Gasteiger partial charge in [0.05, 0.1) is 12.7 Å². The normalized spacial score (nSPS) is 25.4. The highest BCUT2D eigenvalue weighted by Gasteiger charge is 2.11. The second kappa shape index (κ2) is 4.23. The molecule has 1 atom stereocenters. The van der Waals surface area contributed by atoms with Crippen molar-refractivity contribution < 1.29 is 9.53 Å². The molecule has 0 saturated carbocycles. The number of nitrogens with two attached hydrogens (primary N) is 1. The first-order chi connectivity index (χ1) is 5.70. The smallest absolute Gasteiger partial charge is 0.244 e. The van der Waals surface area contributed by atoms with Crippen LogP contribution in [0.5, 0.6) is 0 Å². The number of primary amides is 1. The molecule has 68 valence electrons. The number of rotatable bonds is 2. The average molecular weight is 170 g/mol. The van der Waals surface area contributed by atoms with Crippen molar-refractivity contribution in [3.8, 4) is 0 Å². The fraction of sp³-hybridized carbons (Fsp3) is 0.625. The van der Waals surface area contributed by atoms with Gasteiger partial charge >= 0.3 is 0 Å². The van der Waals surface area contributed by atoms with E-state index < -0.39 is 0 Å². The van der Waals surface area contributed by atoms with Crippen LogP contribution in [-0.2, 0) is 9.53 Å². The van der Waals surface area contributed by atoms with Gasteiger partial charge < -0.3 is 15.8 Å². The second-order valence-corrected chi connectivity index (χ2v) is 2.83. The molecule has 0 bridgehead atoms. The zero-order valence-corrected chi connectivity index (χ0v) is 7.17. The molecule has 1 rings (SSSR count). The van der Waals surface area contributed by atoms with Gasteiger partial charge in [-0.05, 0) is 13.0 Å². The lowest BCUT2D eigenvalue weighted by Gasteiger charge is -2.21. The summed E-state index contributed by atoms with van der Waals surface area (Å²) in [5.41, 5.74) is 5.63. The van der Waals surface area contributed by atoms with E-state index in [1.165, 1.54) is 0 Å². The van der Waals surface area contributed by atoms with E-state index in [9.17, 15) is 4.79 Å². The summed E-state index contributed by atoms with van der Waals surface area (Å²) in [4.78, 5) is 10.7. The Morgan fingerprint density at radius 1 is 1.75 bits per heavy atom. The van der Waals surface area contributed by atoms with E-state index in [4.69, 9.17) is 10.5 Å². The van der Waals surface area contributed by atoms with Crippen molar-refractivity contribution in [3.05, 3.63) is 11.6 Å². The number of amides is 1. The molecule has 0 spiro atoms. The van der Waals surface area contributed by atoms with Gasteiger partial charge in [-0.1, -0.05) is 0 Å². The molecule has 12 heavy (non-hydrogen) atoms. The molecule has 0 aromatic heterocycles. The molecular weight excluding hydrogens is 156 g/mol. The second-order valence-electron chi connectivity index (χ2n) is 2.83. The topological polar surface area (TPSA) is 64.3 Å². The fourth-order valence-electron chi connectivity index (χ4n) is 1.05. The fourth-order valence-corrected chi connectivity index (χ4v) is 1.05. The van der Waals surface area contributed by atoms with E-state index in [1.54, 1.807) is 13.0 Å². The van der Waals surface area contributed by atoms with Crippen molar-refractivity contribution in [3.63, 3.8) is 0 Å². The number of hydrogen-bond acceptors (Lipinski definition) is 3. The van der Waals surface area contributed by atoms with Crippen molar-refractivity contribution in [2.24, 2.45) is 5.73 Å². The monoisotopic (exact) mass is 170 g/mol. The van der Waals surface area contributed by atoms with Gasteiger partial charge in [0.2, 0.25) is 5.91 Å². The number of nitrogens with one attached hydrogen (secondary N) is 1. The van der Waals surface area contributed by atoms with Crippen molar-refractivity contribution in [1.29, 1.82) is 0 Å². The van der Waals surface area contributed by atoms with E-state index in [-0.39, 0.29) is 12.0 Å². The SMILES string of the molecule is C/C(=C\C1CNCCO1)C(N)=O. The highest BCUT2D eigenvalue weighted by atomic mass is 16.5. The third kappa shape index (κ3) is 2.64. The van der Waals surface area contributed by atoms with E-state index in [0.717, 1.165) is 13.1 Å². The van der Waals surface area contributed by atoms with E-state index in [1.807, 2.05) is 0 Å². The van der Waals surface area contributed by atoms with Crippen LogP contribution in [0.2, 0.25) is 0 Å². The van der Waals surface area contributed by atoms with Crippen molar-refractivity contribution in [1.82, 2.24) is 5.32 Å². The molecular formula is C8H14N2O2. The summed E-state index contributed by atoms with van der Waals surface area (Å²) in [5, 5.41) is 3.16. The molecule has 4 heteroatoms. The molecule has 4 nitrogen and oxygen atoms in total. The highest BCUT2D eigenvalue weighted by molar-refractivity contribution is 5.91. The van der Waals surface area contributed by atoms with Crippen molar-refractivity contribution in [2.75, 3.05) is 19.7 Å². The van der Waals surface area contributed by atoms with E-state index in [0.29, 0.717) is 12.2 Å². The maximum Gasteiger partial charge on any atom is 0.244 e. The van der Waals surface area contributed by atoms with Crippen LogP contribution in [0.1, 0.15) is 6.92 Å². The first kappa shape index (κ1) is 9.22. The molecule has 1 saturated heterocycles. The Morgan fingerprint density at radius 2 is 2.50 bits per heavy atom. The summed E-state index contributed by atoms with van der Waals surface area (Å²) in [6, 6.07) is 0. The van der Waals surface area contributed by atoms with Crippen LogP contribution < -0.4 is 11.1 Å². The van der Waals surface area contributed by atoms with Gasteiger partial charge in [-0.15, -0.1) is 0 Å². The molecule has 1 fully saturated rings. The Kier molecular flexibility index (Phi) is 3.25. The summed E-state index contributed by atoms with van der Waals surface area (Å²) in [6.07, 6.45) is 1.75. The van der Waals surface area contributed by atoms with Crippen LogP contribution in [0.25, 0.3) is 0 Å². The minimum absolute atomic E-state index is 0.00810. The standard InChI is InChI=1S/C8H14N2O2/c1-6(8(9)11)4-7-5-10-2-3-12-7/h4,7,10H,2-3,5H2,1H3,(H2,9,11)/b6-4+. The Balaban J connectivity index is 2.47. The minimum atomic E-state index is -0.385. The Bertz CT molecular complexity index is 195. The van der Waals surface area contributed by atoms with Crippen LogP contribution in [0.4, 0.5) is 0 Å². The lowest BCUT2D eigenvalue weighted by Crippen LogP contribution is -2.37. The zero-order chi connectivity index (χ0) is 8.97. The average Bonchev–Trinajstić information content (AvgIpc) is 2.06. The third-order valence-electron chi connectivity index (χ3n) is 1.78. The Labute approximate surface area is 71.8 Å². The van der Waals surface area contributed by atoms with E-state index >= 15 is 0 Å². The third-order valence-corrected chi connectivity index (χ3v) is 1.78. The summed E-state index contributed by atoms with van der Waals surface area (Å²) in [7, 11) is 0. The van der Waals surface area contributed by atoms with Gasteiger partial charge in [-0.3, -0.25) is 4.79 Å². The Morgan fingerprint density at radius 3 is 3.00 bits per heavy atom. The molecule has 3 N–H and O–H groups in total. The van der Waals surface area contributed by atoms with Gasteiger partial charge in [-0.2, -0.15) is 0 Å². The summed E-state index contributed by atoms with van der Waals surface area (Å²) in [6.45, 7) is 4.01. The summed E-state index contributed by atoms with van der Waals surface area (Å²) >= 11 is 0. The van der Waals surface area contributed by atoms with Crippen LogP contribution in [0.15, 0.2) is 11.6 Å². The minimum Gasteiger partial charge on any atom is -0.371 e. The maximum absolute atomic E-state index is 10.7. The molecule has 0 radical (unpaired) electrons. The van der Waals surface area contributed by atoms with Crippen LogP contribution in [0, 0.1) is 0 Å². The first-order valence-corrected chi connectivity index (χ1v) is 4.00. The number of ether oxygens (including phenoxy) is 1. The molecule has 1 unspecified atom stereocenters. The zero-order valence-electron chi connectivity index (χ0n) is 7.17. The number of carbonyl (C=O) groups is 1. The molecule has 0 aromatic rings. The van der Waals surface area contributed by atoms with Crippen molar-refractivity contribution in [2.45, 2.75) is 13.0 Å². The molecule has 1 heterocycles. The first-order valence-electron chi connectivity index (χ1n) is 4.00. The summed E-state index contributed by atoms with van der Waals surface area (Å²) in [5.74, 6) is -0.385. The van der Waals surface area contributed by atoms with Gasteiger partial charge in [0.15, 0.2) is 0 Å². The summed E-state index contributed by atoms with van der Waals surface area (Å²) < 4.78 is 5.35. The quantitative estimate of drug-likeness (QED) is 0.544.